The van der Waals surface area contributed by atoms with E-state index >= 15 is 0 Å². The molecule has 0 aliphatic heterocycles. The van der Waals surface area contributed by atoms with Gasteiger partial charge in [0.25, 0.3) is 0 Å². The first-order chi connectivity index (χ1) is 16.7. The van der Waals surface area contributed by atoms with Gasteiger partial charge in [0.15, 0.2) is 5.78 Å². The van der Waals surface area contributed by atoms with Crippen molar-refractivity contribution in [3.05, 3.63) is 11.6 Å². The van der Waals surface area contributed by atoms with Gasteiger partial charge in [0, 0.05) is 5.92 Å². The second-order valence-electron chi connectivity index (χ2n) is 14.5. The molecule has 1 N–H and O–H groups in total. The van der Waals surface area contributed by atoms with Crippen molar-refractivity contribution in [1.29, 1.82) is 0 Å². The monoisotopic (exact) mass is 497 g/mol. The van der Waals surface area contributed by atoms with Crippen LogP contribution < -0.4 is 0 Å². The zero-order chi connectivity index (χ0) is 26.5. The van der Waals surface area contributed by atoms with Gasteiger partial charge < -0.3 is 9.94 Å². The predicted octanol–water partition coefficient (Wildman–Crippen LogP) is 6.83. The predicted molar refractivity (Wildman–Crippen MR) is 141 cm³/mol. The van der Waals surface area contributed by atoms with E-state index in [1.54, 1.807) is 0 Å². The molecule has 10 atom stereocenters. The molecule has 0 spiro atoms. The minimum atomic E-state index is -1.01. The number of fused-ring (bicyclic) bond motifs is 7. The van der Waals surface area contributed by atoms with Crippen LogP contribution in [0.15, 0.2) is 16.8 Å². The Hall–Kier alpha value is -1.65. The van der Waals surface area contributed by atoms with Crippen molar-refractivity contribution in [2.24, 2.45) is 61.8 Å². The van der Waals surface area contributed by atoms with Crippen LogP contribution in [0.5, 0.6) is 0 Å². The molecule has 5 aliphatic carbocycles. The van der Waals surface area contributed by atoms with Crippen LogP contribution in [0.2, 0.25) is 0 Å². The highest BCUT2D eigenvalue weighted by Gasteiger charge is 2.71. The Kier molecular flexibility index (Phi) is 5.72. The van der Waals surface area contributed by atoms with Gasteiger partial charge in [0.2, 0.25) is 0 Å². The fourth-order valence-corrected chi connectivity index (χ4v) is 10.8. The molecule has 5 aliphatic rings. The van der Waals surface area contributed by atoms with E-state index in [1.165, 1.54) is 31.9 Å². The fourth-order valence-electron chi connectivity index (χ4n) is 10.8. The molecule has 4 saturated carbocycles. The lowest BCUT2D eigenvalue weighted by Gasteiger charge is -2.70. The summed E-state index contributed by atoms with van der Waals surface area (Å²) in [6, 6.07) is 0. The molecular formula is C31H47NO4. The van der Waals surface area contributed by atoms with Gasteiger partial charge in [-0.15, -0.1) is 0 Å². The van der Waals surface area contributed by atoms with Crippen LogP contribution in [-0.2, 0) is 14.3 Å². The molecule has 200 valence electrons. The average molecular weight is 498 g/mol. The molecule has 4 fully saturated rings. The van der Waals surface area contributed by atoms with Crippen LogP contribution in [0, 0.1) is 56.7 Å². The first kappa shape index (κ1) is 26.0. The molecule has 5 nitrogen and oxygen atoms in total. The summed E-state index contributed by atoms with van der Waals surface area (Å²) in [5.41, 5.74) is 0.659. The fraction of sp³-hybridized carbons (Fsp3) is 0.839. The number of rotatable bonds is 1. The molecule has 0 bridgehead atoms. The lowest BCUT2D eigenvalue weighted by Crippen LogP contribution is -2.67. The lowest BCUT2D eigenvalue weighted by molar-refractivity contribution is -0.185. The number of carbonyl (C=O) groups is 2. The van der Waals surface area contributed by atoms with Crippen LogP contribution in [0.3, 0.4) is 0 Å². The first-order valence-corrected chi connectivity index (χ1v) is 14.3. The molecule has 0 radical (unpaired) electrons. The molecule has 2 unspecified atom stereocenters. The van der Waals surface area contributed by atoms with Gasteiger partial charge in [-0.05, 0) is 110 Å². The van der Waals surface area contributed by atoms with Crippen LogP contribution in [0.25, 0.3) is 0 Å². The Morgan fingerprint density at radius 1 is 1.03 bits per heavy atom. The number of hydrogen-bond donors (Lipinski definition) is 1. The van der Waals surface area contributed by atoms with Gasteiger partial charge in [-0.3, -0.25) is 9.59 Å². The normalized spacial score (nSPS) is 53.4. The molecule has 0 aromatic carbocycles. The summed E-state index contributed by atoms with van der Waals surface area (Å²) < 4.78 is 5.28. The van der Waals surface area contributed by atoms with E-state index in [1.807, 2.05) is 6.92 Å². The molecule has 0 saturated heterocycles. The third-order valence-electron chi connectivity index (χ3n) is 13.3. The number of carbonyl (C=O) groups excluding carboxylic acids is 2. The summed E-state index contributed by atoms with van der Waals surface area (Å²) in [6.07, 6.45) is 9.99. The molecule has 0 amide bonds. The van der Waals surface area contributed by atoms with Crippen molar-refractivity contribution in [2.75, 3.05) is 7.11 Å². The van der Waals surface area contributed by atoms with Crippen molar-refractivity contribution in [1.82, 2.24) is 0 Å². The summed E-state index contributed by atoms with van der Waals surface area (Å²) >= 11 is 0. The van der Waals surface area contributed by atoms with Crippen molar-refractivity contribution in [3.63, 3.8) is 0 Å². The molecule has 5 heteroatoms. The third kappa shape index (κ3) is 2.92. The largest absolute Gasteiger partial charge is 0.468 e. The first-order valence-electron chi connectivity index (χ1n) is 14.3. The van der Waals surface area contributed by atoms with E-state index in [9.17, 15) is 14.8 Å². The van der Waals surface area contributed by atoms with Gasteiger partial charge in [-0.2, -0.15) is 0 Å². The number of allylic oxidation sites excluding steroid dienone is 2. The van der Waals surface area contributed by atoms with Crippen LogP contribution in [0.1, 0.15) is 99.8 Å². The SMILES string of the molecule is COC(=O)C1(C)C(=NO)CC[C@@]2(C)C1CC[C@]1(C)[C@@H]2C(=O)C=C2[C@@H]3[C@@H](C)[C@H](C)CC[C@]3(C)CC[C@]21C. The van der Waals surface area contributed by atoms with Crippen LogP contribution in [-0.4, -0.2) is 29.8 Å². The van der Waals surface area contributed by atoms with E-state index in [4.69, 9.17) is 4.74 Å². The van der Waals surface area contributed by atoms with E-state index < -0.39 is 5.41 Å². The van der Waals surface area contributed by atoms with Gasteiger partial charge in [0.05, 0.1) is 12.8 Å². The number of ether oxygens (including phenoxy) is 1. The number of hydrogen-bond acceptors (Lipinski definition) is 5. The van der Waals surface area contributed by atoms with Gasteiger partial charge in [-0.1, -0.05) is 52.3 Å². The third-order valence-corrected chi connectivity index (χ3v) is 13.3. The Morgan fingerprint density at radius 2 is 1.72 bits per heavy atom. The number of ketones is 1. The highest BCUT2D eigenvalue weighted by Crippen LogP contribution is 2.75. The van der Waals surface area contributed by atoms with E-state index in [-0.39, 0.29) is 45.2 Å². The Balaban J connectivity index is 1.65. The van der Waals surface area contributed by atoms with E-state index in [2.05, 4.69) is 52.8 Å². The molecule has 0 heterocycles. The molecule has 36 heavy (non-hydrogen) atoms. The Bertz CT molecular complexity index is 1050. The smallest absolute Gasteiger partial charge is 0.317 e. The average Bonchev–Trinajstić information content (AvgIpc) is 2.82. The molecular weight excluding hydrogens is 450 g/mol. The van der Waals surface area contributed by atoms with Crippen molar-refractivity contribution in [2.45, 2.75) is 99.8 Å². The van der Waals surface area contributed by atoms with E-state index in [0.29, 0.717) is 29.9 Å². The summed E-state index contributed by atoms with van der Waals surface area (Å²) in [7, 11) is 1.41. The van der Waals surface area contributed by atoms with Crippen molar-refractivity contribution in [3.8, 4) is 0 Å². The molecule has 0 aromatic rings. The topological polar surface area (TPSA) is 76.0 Å². The standard InChI is InChI=1S/C31H47NO4/c1-18-9-12-27(3)15-16-29(5)20(24(27)19(18)2)17-21(33)25-28(4)13-11-23(32-35)31(7,26(34)36-8)22(28)10-14-30(25,29)6/h17-19,22,24-25,35H,9-16H2,1-8H3/t18-,19+,22?,24+,25-,27-,28+,29-,30-,31?/m1/s1. The maximum Gasteiger partial charge on any atom is 0.317 e. The summed E-state index contributed by atoms with van der Waals surface area (Å²) in [4.78, 5) is 27.6. The van der Waals surface area contributed by atoms with E-state index in [0.717, 1.165) is 25.7 Å². The quantitative estimate of drug-likeness (QED) is 0.245. The lowest BCUT2D eigenvalue weighted by atomic mass is 9.33. The Morgan fingerprint density at radius 3 is 2.36 bits per heavy atom. The Labute approximate surface area is 217 Å². The number of nitrogens with zero attached hydrogens (tertiary/aromatic N) is 1. The number of oxime groups is 1. The minimum absolute atomic E-state index is 0.0257. The maximum atomic E-state index is 14.4. The van der Waals surface area contributed by atoms with Gasteiger partial charge >= 0.3 is 5.97 Å². The van der Waals surface area contributed by atoms with Gasteiger partial charge in [-0.25, -0.2) is 0 Å². The number of methoxy groups -OCH3 is 1. The maximum absolute atomic E-state index is 14.4. The highest BCUT2D eigenvalue weighted by molar-refractivity contribution is 6.07. The van der Waals surface area contributed by atoms with Crippen molar-refractivity contribution < 1.29 is 19.5 Å². The second-order valence-corrected chi connectivity index (χ2v) is 14.5. The van der Waals surface area contributed by atoms with Crippen LogP contribution in [0.4, 0.5) is 0 Å². The zero-order valence-electron chi connectivity index (χ0n) is 23.7. The minimum Gasteiger partial charge on any atom is -0.468 e. The highest BCUT2D eigenvalue weighted by atomic mass is 16.5. The zero-order valence-corrected chi connectivity index (χ0v) is 23.7. The van der Waals surface area contributed by atoms with Crippen molar-refractivity contribution >= 4 is 17.5 Å². The molecule has 0 aromatic heterocycles. The molecule has 5 rings (SSSR count). The summed E-state index contributed by atoms with van der Waals surface area (Å²) in [6.45, 7) is 16.3. The van der Waals surface area contributed by atoms with Gasteiger partial charge in [0.1, 0.15) is 5.41 Å². The second kappa shape index (κ2) is 7.93. The summed E-state index contributed by atoms with van der Waals surface area (Å²) in [5, 5.41) is 13.5. The number of esters is 1. The van der Waals surface area contributed by atoms with Crippen LogP contribution >= 0.6 is 0 Å². The summed E-state index contributed by atoms with van der Waals surface area (Å²) in [5.74, 6) is 1.39.